The van der Waals surface area contributed by atoms with Gasteiger partial charge in [-0.05, 0) is 41.5 Å². The standard InChI is InChI=1S/C20H19ClO5/c1-13(22)26-20-12-14(5-9-19(20)25-3)4-7-16(23)10-15-6-8-18(24-2)17(21)11-15/h4-9,11-12H,10H2,1-3H3/b7-4+. The van der Waals surface area contributed by atoms with E-state index in [4.69, 9.17) is 25.8 Å². The molecular weight excluding hydrogens is 356 g/mol. The normalized spacial score (nSPS) is 10.6. The second-order valence-corrected chi connectivity index (χ2v) is 5.86. The molecule has 5 nitrogen and oxygen atoms in total. The van der Waals surface area contributed by atoms with E-state index in [1.807, 2.05) is 0 Å². The van der Waals surface area contributed by atoms with Crippen molar-refractivity contribution in [1.82, 2.24) is 0 Å². The van der Waals surface area contributed by atoms with Gasteiger partial charge in [-0.25, -0.2) is 0 Å². The number of benzene rings is 2. The van der Waals surface area contributed by atoms with Crippen LogP contribution in [0.4, 0.5) is 0 Å². The van der Waals surface area contributed by atoms with Gasteiger partial charge in [-0.2, -0.15) is 0 Å². The highest BCUT2D eigenvalue weighted by Gasteiger charge is 2.08. The maximum absolute atomic E-state index is 12.2. The van der Waals surface area contributed by atoms with Crippen LogP contribution in [0.1, 0.15) is 18.1 Å². The van der Waals surface area contributed by atoms with Crippen LogP contribution < -0.4 is 14.2 Å². The minimum Gasteiger partial charge on any atom is -0.495 e. The molecule has 2 aromatic rings. The predicted molar refractivity (Wildman–Crippen MR) is 100 cm³/mol. The first-order valence-electron chi connectivity index (χ1n) is 7.82. The van der Waals surface area contributed by atoms with Crippen LogP contribution in [0.2, 0.25) is 5.02 Å². The molecule has 0 heterocycles. The van der Waals surface area contributed by atoms with Crippen molar-refractivity contribution in [3.63, 3.8) is 0 Å². The number of hydrogen-bond acceptors (Lipinski definition) is 5. The summed E-state index contributed by atoms with van der Waals surface area (Å²) in [6, 6.07) is 10.3. The smallest absolute Gasteiger partial charge is 0.308 e. The number of carbonyl (C=O) groups excluding carboxylic acids is 2. The number of allylic oxidation sites excluding steroid dienone is 1. The summed E-state index contributed by atoms with van der Waals surface area (Å²) in [4.78, 5) is 23.3. The first-order chi connectivity index (χ1) is 12.4. The number of ether oxygens (including phenoxy) is 3. The SMILES string of the molecule is COc1ccc(CC(=O)/C=C/c2ccc(OC)c(OC(C)=O)c2)cc1Cl. The van der Waals surface area contributed by atoms with E-state index in [1.54, 1.807) is 42.5 Å². The molecule has 0 aliphatic heterocycles. The molecule has 136 valence electrons. The summed E-state index contributed by atoms with van der Waals surface area (Å²) in [5.41, 5.74) is 1.50. The van der Waals surface area contributed by atoms with Crippen LogP contribution in [0, 0.1) is 0 Å². The van der Waals surface area contributed by atoms with Crippen molar-refractivity contribution in [2.24, 2.45) is 0 Å². The van der Waals surface area contributed by atoms with Gasteiger partial charge in [0.1, 0.15) is 5.75 Å². The van der Waals surface area contributed by atoms with Crippen molar-refractivity contribution >= 4 is 29.4 Å². The zero-order chi connectivity index (χ0) is 19.1. The molecule has 0 saturated carbocycles. The lowest BCUT2D eigenvalue weighted by Gasteiger charge is -2.08. The van der Waals surface area contributed by atoms with Crippen molar-refractivity contribution in [2.45, 2.75) is 13.3 Å². The number of esters is 1. The lowest BCUT2D eigenvalue weighted by molar-refractivity contribution is -0.132. The van der Waals surface area contributed by atoms with E-state index in [1.165, 1.54) is 27.2 Å². The Hall–Kier alpha value is -2.79. The van der Waals surface area contributed by atoms with Gasteiger partial charge in [0.2, 0.25) is 0 Å². The van der Waals surface area contributed by atoms with Crippen LogP contribution in [0.5, 0.6) is 17.2 Å². The quantitative estimate of drug-likeness (QED) is 0.414. The molecule has 0 spiro atoms. The molecule has 0 aliphatic rings. The second-order valence-electron chi connectivity index (χ2n) is 5.45. The molecule has 2 aromatic carbocycles. The van der Waals surface area contributed by atoms with E-state index in [-0.39, 0.29) is 12.2 Å². The molecule has 0 fully saturated rings. The summed E-state index contributed by atoms with van der Waals surface area (Å²) in [5.74, 6) is 0.774. The minimum atomic E-state index is -0.447. The van der Waals surface area contributed by atoms with Crippen molar-refractivity contribution in [2.75, 3.05) is 14.2 Å². The first kappa shape index (κ1) is 19.5. The average Bonchev–Trinajstić information content (AvgIpc) is 2.60. The molecule has 0 aliphatic carbocycles. The number of hydrogen-bond donors (Lipinski definition) is 0. The summed E-state index contributed by atoms with van der Waals surface area (Å²) in [7, 11) is 3.02. The fourth-order valence-corrected chi connectivity index (χ4v) is 2.58. The van der Waals surface area contributed by atoms with E-state index >= 15 is 0 Å². The van der Waals surface area contributed by atoms with Gasteiger partial charge in [0.05, 0.1) is 19.2 Å². The molecule has 0 atom stereocenters. The Morgan fingerprint density at radius 3 is 2.31 bits per heavy atom. The van der Waals surface area contributed by atoms with Gasteiger partial charge in [0.15, 0.2) is 17.3 Å². The predicted octanol–water partition coefficient (Wildman–Crippen LogP) is 4.11. The van der Waals surface area contributed by atoms with Crippen molar-refractivity contribution < 1.29 is 23.8 Å². The topological polar surface area (TPSA) is 61.8 Å². The maximum Gasteiger partial charge on any atom is 0.308 e. The van der Waals surface area contributed by atoms with Gasteiger partial charge in [-0.15, -0.1) is 0 Å². The van der Waals surface area contributed by atoms with Crippen LogP contribution >= 0.6 is 11.6 Å². The third kappa shape index (κ3) is 5.36. The van der Waals surface area contributed by atoms with Crippen LogP contribution in [-0.2, 0) is 16.0 Å². The fourth-order valence-electron chi connectivity index (χ4n) is 2.30. The summed E-state index contributed by atoms with van der Waals surface area (Å²) in [5, 5.41) is 0.461. The second kappa shape index (κ2) is 9.06. The molecular formula is C20H19ClO5. The number of rotatable bonds is 7. The van der Waals surface area contributed by atoms with Crippen molar-refractivity contribution in [3.05, 3.63) is 58.6 Å². The summed E-state index contributed by atoms with van der Waals surface area (Å²) in [6.07, 6.45) is 3.34. The van der Waals surface area contributed by atoms with E-state index in [2.05, 4.69) is 0 Å². The van der Waals surface area contributed by atoms with Crippen LogP contribution in [0.15, 0.2) is 42.5 Å². The van der Waals surface area contributed by atoms with Gasteiger partial charge in [0.25, 0.3) is 0 Å². The lowest BCUT2D eigenvalue weighted by atomic mass is 10.1. The Labute approximate surface area is 157 Å². The van der Waals surface area contributed by atoms with Crippen LogP contribution in [0.25, 0.3) is 6.08 Å². The van der Waals surface area contributed by atoms with E-state index in [0.717, 1.165) is 5.56 Å². The zero-order valence-electron chi connectivity index (χ0n) is 14.7. The van der Waals surface area contributed by atoms with E-state index < -0.39 is 5.97 Å². The monoisotopic (exact) mass is 374 g/mol. The number of ketones is 1. The fraction of sp³-hybridized carbons (Fsp3) is 0.200. The molecule has 0 N–H and O–H groups in total. The van der Waals surface area contributed by atoms with Crippen LogP contribution in [0.3, 0.4) is 0 Å². The zero-order valence-corrected chi connectivity index (χ0v) is 15.5. The molecule has 0 saturated heterocycles. The van der Waals surface area contributed by atoms with Gasteiger partial charge in [-0.1, -0.05) is 29.8 Å². The number of methoxy groups -OCH3 is 2. The average molecular weight is 375 g/mol. The third-order valence-corrected chi connectivity index (χ3v) is 3.79. The number of halogens is 1. The van der Waals surface area contributed by atoms with Gasteiger partial charge in [-0.3, -0.25) is 9.59 Å². The highest BCUT2D eigenvalue weighted by Crippen LogP contribution is 2.29. The van der Waals surface area contributed by atoms with Gasteiger partial charge >= 0.3 is 5.97 Å². The number of carbonyl (C=O) groups is 2. The third-order valence-electron chi connectivity index (χ3n) is 3.50. The van der Waals surface area contributed by atoms with E-state index in [0.29, 0.717) is 27.8 Å². The van der Waals surface area contributed by atoms with Gasteiger partial charge < -0.3 is 14.2 Å². The first-order valence-corrected chi connectivity index (χ1v) is 8.20. The van der Waals surface area contributed by atoms with Gasteiger partial charge in [0, 0.05) is 13.3 Å². The summed E-state index contributed by atoms with van der Waals surface area (Å²) < 4.78 is 15.3. The Balaban J connectivity index is 2.10. The minimum absolute atomic E-state index is 0.0870. The molecule has 0 unspecified atom stereocenters. The lowest BCUT2D eigenvalue weighted by Crippen LogP contribution is -2.03. The Morgan fingerprint density at radius 1 is 1.00 bits per heavy atom. The Morgan fingerprint density at radius 2 is 1.69 bits per heavy atom. The van der Waals surface area contributed by atoms with Crippen molar-refractivity contribution in [1.29, 1.82) is 0 Å². The Bertz CT molecular complexity index is 842. The molecule has 0 amide bonds. The molecule has 0 aromatic heterocycles. The van der Waals surface area contributed by atoms with Crippen molar-refractivity contribution in [3.8, 4) is 17.2 Å². The largest absolute Gasteiger partial charge is 0.495 e. The van der Waals surface area contributed by atoms with E-state index in [9.17, 15) is 9.59 Å². The highest BCUT2D eigenvalue weighted by atomic mass is 35.5. The van der Waals surface area contributed by atoms with Crippen LogP contribution in [-0.4, -0.2) is 26.0 Å². The molecule has 26 heavy (non-hydrogen) atoms. The summed E-state index contributed by atoms with van der Waals surface area (Å²) in [6.45, 7) is 1.31. The molecule has 6 heteroatoms. The molecule has 0 radical (unpaired) electrons. The Kier molecular flexibility index (Phi) is 6.81. The summed E-state index contributed by atoms with van der Waals surface area (Å²) >= 11 is 6.07. The maximum atomic E-state index is 12.2. The molecule has 2 rings (SSSR count). The molecule has 0 bridgehead atoms. The highest BCUT2D eigenvalue weighted by molar-refractivity contribution is 6.32.